The lowest BCUT2D eigenvalue weighted by atomic mass is 9.89. The molecular formula is C24H33ClN2O4. The van der Waals surface area contributed by atoms with Gasteiger partial charge in [0.05, 0.1) is 18.6 Å². The number of aromatic amines is 1. The van der Waals surface area contributed by atoms with E-state index in [9.17, 15) is 14.7 Å². The van der Waals surface area contributed by atoms with Gasteiger partial charge in [-0.1, -0.05) is 19.3 Å². The first kappa shape index (κ1) is 23.6. The number of unbranched alkanes of at least 4 members (excludes halogenated alkanes) is 1. The summed E-state index contributed by atoms with van der Waals surface area (Å²) in [6, 6.07) is 8.84. The van der Waals surface area contributed by atoms with Gasteiger partial charge in [0.15, 0.2) is 0 Å². The van der Waals surface area contributed by atoms with Crippen molar-refractivity contribution in [2.45, 2.75) is 57.5 Å². The number of benzene rings is 1. The highest BCUT2D eigenvalue weighted by Crippen LogP contribution is 2.25. The summed E-state index contributed by atoms with van der Waals surface area (Å²) in [7, 11) is 0. The Morgan fingerprint density at radius 1 is 1.19 bits per heavy atom. The fourth-order valence-electron chi connectivity index (χ4n) is 4.21. The van der Waals surface area contributed by atoms with E-state index in [0.29, 0.717) is 25.5 Å². The third-order valence-corrected chi connectivity index (χ3v) is 6.27. The number of nitrogens with zero attached hydrogens (tertiary/aromatic N) is 1. The van der Waals surface area contributed by atoms with Crippen LogP contribution in [0.15, 0.2) is 35.1 Å². The Balaban J connectivity index is 1.43. The number of carbonyl (C=O) groups is 1. The molecule has 6 nitrogen and oxygen atoms in total. The third kappa shape index (κ3) is 7.54. The summed E-state index contributed by atoms with van der Waals surface area (Å²) >= 11 is 5.77. The van der Waals surface area contributed by atoms with Gasteiger partial charge in [0, 0.05) is 36.5 Å². The Morgan fingerprint density at radius 2 is 2.00 bits per heavy atom. The summed E-state index contributed by atoms with van der Waals surface area (Å²) in [6.45, 7) is 1.56. The second-order valence-corrected chi connectivity index (χ2v) is 8.80. The van der Waals surface area contributed by atoms with Gasteiger partial charge in [-0.2, -0.15) is 0 Å². The van der Waals surface area contributed by atoms with Crippen LogP contribution in [0.4, 0.5) is 0 Å². The number of nitrogens with one attached hydrogen (secondary N) is 1. The molecule has 1 unspecified atom stereocenters. The van der Waals surface area contributed by atoms with Crippen LogP contribution in [0.25, 0.3) is 10.9 Å². The maximum Gasteiger partial charge on any atom is 0.248 e. The number of aromatic nitrogens is 1. The maximum atomic E-state index is 12.8. The van der Waals surface area contributed by atoms with Gasteiger partial charge in [-0.05, 0) is 55.9 Å². The summed E-state index contributed by atoms with van der Waals surface area (Å²) in [6.07, 6.45) is 7.33. The second kappa shape index (κ2) is 12.1. The Labute approximate surface area is 188 Å². The molecule has 0 bridgehead atoms. The first-order valence-electron chi connectivity index (χ1n) is 11.3. The average Bonchev–Trinajstić information content (AvgIpc) is 2.78. The molecule has 2 aromatic rings. The van der Waals surface area contributed by atoms with Crippen LogP contribution in [0.3, 0.4) is 0 Å². The molecule has 1 aliphatic rings. The molecule has 2 N–H and O–H groups in total. The molecule has 1 aromatic carbocycles. The van der Waals surface area contributed by atoms with E-state index in [0.717, 1.165) is 48.9 Å². The van der Waals surface area contributed by atoms with E-state index in [4.69, 9.17) is 16.3 Å². The second-order valence-electron chi connectivity index (χ2n) is 8.49. The van der Waals surface area contributed by atoms with E-state index in [1.165, 1.54) is 25.3 Å². The first-order chi connectivity index (χ1) is 15.0. The number of ether oxygens (including phenoxy) is 1. The topological polar surface area (TPSA) is 82.6 Å². The zero-order valence-corrected chi connectivity index (χ0v) is 18.8. The smallest absolute Gasteiger partial charge is 0.248 e. The SMILES string of the molecule is O=C(CCCCOc1ccc2[nH]c(=O)ccc2c1)N(CC(O)CCl)CC1CCCCC1. The van der Waals surface area contributed by atoms with E-state index < -0.39 is 6.10 Å². The van der Waals surface area contributed by atoms with Crippen molar-refractivity contribution in [3.63, 3.8) is 0 Å². The minimum absolute atomic E-state index is 0.0874. The monoisotopic (exact) mass is 448 g/mol. The number of amides is 1. The molecule has 1 aliphatic carbocycles. The normalized spacial score (nSPS) is 15.7. The average molecular weight is 449 g/mol. The highest BCUT2D eigenvalue weighted by atomic mass is 35.5. The molecule has 1 atom stereocenters. The van der Waals surface area contributed by atoms with Crippen molar-refractivity contribution < 1.29 is 14.6 Å². The summed E-state index contributed by atoms with van der Waals surface area (Å²) in [4.78, 5) is 28.7. The fourth-order valence-corrected chi connectivity index (χ4v) is 4.31. The lowest BCUT2D eigenvalue weighted by Gasteiger charge is -2.31. The minimum Gasteiger partial charge on any atom is -0.494 e. The van der Waals surface area contributed by atoms with Crippen molar-refractivity contribution in [3.8, 4) is 5.75 Å². The van der Waals surface area contributed by atoms with Crippen LogP contribution in [0.5, 0.6) is 5.75 Å². The van der Waals surface area contributed by atoms with Gasteiger partial charge >= 0.3 is 0 Å². The van der Waals surface area contributed by atoms with Gasteiger partial charge < -0.3 is 19.7 Å². The molecule has 1 heterocycles. The van der Waals surface area contributed by atoms with Crippen LogP contribution < -0.4 is 10.3 Å². The lowest BCUT2D eigenvalue weighted by molar-refractivity contribution is -0.133. The van der Waals surface area contributed by atoms with Crippen molar-refractivity contribution in [2.75, 3.05) is 25.6 Å². The van der Waals surface area contributed by atoms with E-state index in [-0.39, 0.29) is 17.3 Å². The number of alkyl halides is 1. The zero-order valence-electron chi connectivity index (χ0n) is 18.0. The molecule has 1 saturated carbocycles. The molecule has 1 fully saturated rings. The number of fused-ring (bicyclic) bond motifs is 1. The summed E-state index contributed by atoms with van der Waals surface area (Å²) in [5, 5.41) is 10.9. The molecule has 1 aromatic heterocycles. The van der Waals surface area contributed by atoms with E-state index in [1.54, 1.807) is 6.07 Å². The number of aliphatic hydroxyl groups excluding tert-OH is 1. The number of hydrogen-bond donors (Lipinski definition) is 2. The summed E-state index contributed by atoms with van der Waals surface area (Å²) in [5.41, 5.74) is 0.657. The van der Waals surface area contributed by atoms with Gasteiger partial charge in [-0.3, -0.25) is 9.59 Å². The molecule has 31 heavy (non-hydrogen) atoms. The highest BCUT2D eigenvalue weighted by molar-refractivity contribution is 6.18. The third-order valence-electron chi connectivity index (χ3n) is 5.91. The Bertz CT molecular complexity index is 895. The van der Waals surface area contributed by atoms with Crippen LogP contribution in [0.1, 0.15) is 51.4 Å². The van der Waals surface area contributed by atoms with Crippen molar-refractivity contribution in [3.05, 3.63) is 40.7 Å². The maximum absolute atomic E-state index is 12.8. The quantitative estimate of drug-likeness (QED) is 0.400. The predicted molar refractivity (Wildman–Crippen MR) is 124 cm³/mol. The van der Waals surface area contributed by atoms with Gasteiger partial charge in [-0.15, -0.1) is 11.6 Å². The zero-order chi connectivity index (χ0) is 22.1. The van der Waals surface area contributed by atoms with Gasteiger partial charge in [0.25, 0.3) is 0 Å². The van der Waals surface area contributed by atoms with Crippen molar-refractivity contribution >= 4 is 28.4 Å². The molecule has 3 rings (SSSR count). The van der Waals surface area contributed by atoms with Gasteiger partial charge in [0.2, 0.25) is 11.5 Å². The molecule has 0 aliphatic heterocycles. The number of hydrogen-bond acceptors (Lipinski definition) is 4. The fraction of sp³-hybridized carbons (Fsp3) is 0.583. The molecule has 0 spiro atoms. The minimum atomic E-state index is -0.680. The Kier molecular flexibility index (Phi) is 9.22. The molecule has 0 radical (unpaired) electrons. The number of rotatable bonds is 11. The number of aliphatic hydroxyl groups is 1. The predicted octanol–water partition coefficient (Wildman–Crippen LogP) is 4.09. The largest absolute Gasteiger partial charge is 0.494 e. The van der Waals surface area contributed by atoms with Crippen LogP contribution >= 0.6 is 11.6 Å². The lowest BCUT2D eigenvalue weighted by Crippen LogP contribution is -2.41. The molecule has 1 amide bonds. The van der Waals surface area contributed by atoms with Crippen LogP contribution in [-0.2, 0) is 4.79 Å². The number of halogens is 1. The first-order valence-corrected chi connectivity index (χ1v) is 11.9. The molecule has 0 saturated heterocycles. The Morgan fingerprint density at radius 3 is 2.77 bits per heavy atom. The summed E-state index contributed by atoms with van der Waals surface area (Å²) in [5.74, 6) is 1.51. The van der Waals surface area contributed by atoms with Crippen molar-refractivity contribution in [2.24, 2.45) is 5.92 Å². The number of pyridine rings is 1. The molecular weight excluding hydrogens is 416 g/mol. The van der Waals surface area contributed by atoms with E-state index in [1.807, 2.05) is 23.1 Å². The van der Waals surface area contributed by atoms with E-state index >= 15 is 0 Å². The van der Waals surface area contributed by atoms with Crippen molar-refractivity contribution in [1.82, 2.24) is 9.88 Å². The van der Waals surface area contributed by atoms with Gasteiger partial charge in [0.1, 0.15) is 5.75 Å². The number of carbonyl (C=O) groups excluding carboxylic acids is 1. The van der Waals surface area contributed by atoms with Crippen LogP contribution in [0.2, 0.25) is 0 Å². The van der Waals surface area contributed by atoms with Crippen LogP contribution in [-0.4, -0.2) is 52.6 Å². The highest BCUT2D eigenvalue weighted by Gasteiger charge is 2.22. The van der Waals surface area contributed by atoms with Gasteiger partial charge in [-0.25, -0.2) is 0 Å². The van der Waals surface area contributed by atoms with Crippen LogP contribution in [0, 0.1) is 5.92 Å². The standard InChI is InChI=1S/C24H33ClN2O4/c25-15-20(28)17-27(16-18-6-2-1-3-7-18)24(30)8-4-5-13-31-21-10-11-22-19(14-21)9-12-23(29)26-22/h9-12,14,18,20,28H,1-8,13,15-17H2,(H,26,29). The summed E-state index contributed by atoms with van der Waals surface area (Å²) < 4.78 is 5.82. The molecule has 170 valence electrons. The molecule has 7 heteroatoms. The Hall–Kier alpha value is -2.05. The number of H-pyrrole nitrogens is 1. The van der Waals surface area contributed by atoms with E-state index in [2.05, 4.69) is 4.98 Å². The van der Waals surface area contributed by atoms with Crippen molar-refractivity contribution in [1.29, 1.82) is 0 Å².